The zero-order valence-electron chi connectivity index (χ0n) is 16.7. The molecule has 0 saturated carbocycles. The third-order valence-electron chi connectivity index (χ3n) is 5.10. The van der Waals surface area contributed by atoms with Crippen molar-refractivity contribution in [3.63, 3.8) is 0 Å². The molecule has 0 bridgehead atoms. The molecule has 1 N–H and O–H groups in total. The molecule has 32 heavy (non-hydrogen) atoms. The van der Waals surface area contributed by atoms with Gasteiger partial charge < -0.3 is 9.84 Å². The van der Waals surface area contributed by atoms with Crippen molar-refractivity contribution in [1.29, 1.82) is 0 Å². The predicted molar refractivity (Wildman–Crippen MR) is 112 cm³/mol. The average Bonchev–Trinajstić information content (AvgIpc) is 3.13. The van der Waals surface area contributed by atoms with Crippen molar-refractivity contribution in [2.45, 2.75) is 6.18 Å². The quantitative estimate of drug-likeness (QED) is 0.442. The lowest BCUT2D eigenvalue weighted by Gasteiger charge is -2.11. The van der Waals surface area contributed by atoms with Gasteiger partial charge in [-0.2, -0.15) is 13.2 Å². The van der Waals surface area contributed by atoms with Gasteiger partial charge >= 0.3 is 12.1 Å². The summed E-state index contributed by atoms with van der Waals surface area (Å²) in [7, 11) is 1.50. The minimum Gasteiger partial charge on any atom is -0.497 e. The van der Waals surface area contributed by atoms with E-state index in [9.17, 15) is 27.9 Å². The van der Waals surface area contributed by atoms with E-state index in [1.54, 1.807) is 48.5 Å². The summed E-state index contributed by atoms with van der Waals surface area (Å²) in [6, 6.07) is 17.1. The third kappa shape index (κ3) is 3.60. The number of alkyl halides is 3. The first kappa shape index (κ1) is 21.2. The smallest absolute Gasteiger partial charge is 0.416 e. The van der Waals surface area contributed by atoms with Crippen LogP contribution in [0.5, 0.6) is 5.75 Å². The summed E-state index contributed by atoms with van der Waals surface area (Å²) in [5.41, 5.74) is -0.514. The molecule has 0 atom stereocenters. The minimum atomic E-state index is -4.64. The zero-order chi connectivity index (χ0) is 23.0. The maximum Gasteiger partial charge on any atom is 0.416 e. The first-order valence-electron chi connectivity index (χ1n) is 9.45. The Bertz CT molecular complexity index is 1340. The van der Waals surface area contributed by atoms with Crippen molar-refractivity contribution in [3.8, 4) is 16.9 Å². The zero-order valence-corrected chi connectivity index (χ0v) is 16.7. The lowest BCUT2D eigenvalue weighted by atomic mass is 10.0. The van der Waals surface area contributed by atoms with Crippen molar-refractivity contribution >= 4 is 22.8 Å². The van der Waals surface area contributed by atoms with E-state index in [4.69, 9.17) is 4.74 Å². The number of carbonyl (C=O) groups is 2. The van der Waals surface area contributed by atoms with Crippen molar-refractivity contribution in [2.24, 2.45) is 0 Å². The van der Waals surface area contributed by atoms with Crippen LogP contribution >= 0.6 is 0 Å². The van der Waals surface area contributed by atoms with E-state index in [2.05, 4.69) is 0 Å². The van der Waals surface area contributed by atoms with E-state index in [-0.39, 0.29) is 22.3 Å². The van der Waals surface area contributed by atoms with Crippen molar-refractivity contribution in [2.75, 3.05) is 7.11 Å². The molecule has 0 amide bonds. The molecule has 0 radical (unpaired) electrons. The first-order chi connectivity index (χ1) is 15.2. The molecule has 0 fully saturated rings. The van der Waals surface area contributed by atoms with Gasteiger partial charge in [-0.25, -0.2) is 4.79 Å². The molecular weight excluding hydrogens is 423 g/mol. The van der Waals surface area contributed by atoms with E-state index in [0.29, 0.717) is 16.7 Å². The summed E-state index contributed by atoms with van der Waals surface area (Å²) in [6.45, 7) is 0. The number of aromatic carboxylic acids is 1. The van der Waals surface area contributed by atoms with Gasteiger partial charge in [-0.1, -0.05) is 36.4 Å². The van der Waals surface area contributed by atoms with Gasteiger partial charge in [0, 0.05) is 16.5 Å². The Kier molecular flexibility index (Phi) is 5.22. The average molecular weight is 439 g/mol. The second-order valence-corrected chi connectivity index (χ2v) is 6.99. The van der Waals surface area contributed by atoms with E-state index >= 15 is 0 Å². The molecule has 0 aliphatic carbocycles. The molecule has 0 aliphatic rings. The summed E-state index contributed by atoms with van der Waals surface area (Å²) < 4.78 is 45.6. The number of halogens is 3. The Balaban J connectivity index is 1.99. The van der Waals surface area contributed by atoms with Crippen molar-refractivity contribution in [1.82, 2.24) is 4.57 Å². The Morgan fingerprint density at radius 1 is 0.938 bits per heavy atom. The highest BCUT2D eigenvalue weighted by molar-refractivity contribution is 6.15. The molecule has 0 unspecified atom stereocenters. The summed E-state index contributed by atoms with van der Waals surface area (Å²) in [5, 5.41) is 10.5. The largest absolute Gasteiger partial charge is 0.497 e. The molecule has 8 heteroatoms. The van der Waals surface area contributed by atoms with Gasteiger partial charge in [-0.3, -0.25) is 9.36 Å². The van der Waals surface area contributed by atoms with Gasteiger partial charge in [0.25, 0.3) is 5.91 Å². The van der Waals surface area contributed by atoms with Gasteiger partial charge in [0.15, 0.2) is 0 Å². The Hall–Kier alpha value is -4.07. The molecular formula is C24H16F3NO4. The van der Waals surface area contributed by atoms with Crippen LogP contribution in [0.1, 0.15) is 26.4 Å². The molecule has 0 aliphatic heterocycles. The van der Waals surface area contributed by atoms with Gasteiger partial charge in [0.2, 0.25) is 0 Å². The van der Waals surface area contributed by atoms with Crippen LogP contribution in [0.4, 0.5) is 13.2 Å². The van der Waals surface area contributed by atoms with Crippen LogP contribution in [0.15, 0.2) is 72.8 Å². The van der Waals surface area contributed by atoms with Crippen LogP contribution in [-0.4, -0.2) is 28.7 Å². The summed E-state index contributed by atoms with van der Waals surface area (Å²) in [4.78, 5) is 25.6. The number of hydrogen-bond acceptors (Lipinski definition) is 3. The molecule has 162 valence electrons. The number of methoxy groups -OCH3 is 1. The van der Waals surface area contributed by atoms with E-state index in [1.165, 1.54) is 13.2 Å². The second-order valence-electron chi connectivity index (χ2n) is 6.99. The number of benzene rings is 3. The molecule has 4 aromatic rings. The van der Waals surface area contributed by atoms with Gasteiger partial charge in [-0.05, 0) is 42.0 Å². The summed E-state index contributed by atoms with van der Waals surface area (Å²) >= 11 is 0. The number of nitrogens with zero attached hydrogens (tertiary/aromatic N) is 1. The highest BCUT2D eigenvalue weighted by atomic mass is 19.4. The first-order valence-corrected chi connectivity index (χ1v) is 9.45. The van der Waals surface area contributed by atoms with Crippen LogP contribution in [0.25, 0.3) is 22.0 Å². The normalized spacial score (nSPS) is 11.5. The fourth-order valence-corrected chi connectivity index (χ4v) is 3.66. The predicted octanol–water partition coefficient (Wildman–Crippen LogP) is 5.72. The highest BCUT2D eigenvalue weighted by Gasteiger charge is 2.32. The molecule has 0 spiro atoms. The molecule has 5 nitrogen and oxygen atoms in total. The number of para-hydroxylation sites is 1. The Labute approximate surface area is 180 Å². The van der Waals surface area contributed by atoms with Crippen LogP contribution < -0.4 is 4.74 Å². The lowest BCUT2D eigenvalue weighted by molar-refractivity contribution is -0.137. The molecule has 1 aromatic heterocycles. The van der Waals surface area contributed by atoms with Crippen LogP contribution in [0, 0.1) is 0 Å². The molecule has 1 heterocycles. The van der Waals surface area contributed by atoms with Crippen LogP contribution in [-0.2, 0) is 6.18 Å². The van der Waals surface area contributed by atoms with Crippen LogP contribution in [0.2, 0.25) is 0 Å². The Morgan fingerprint density at radius 2 is 1.62 bits per heavy atom. The number of ether oxygens (including phenoxy) is 1. The minimum absolute atomic E-state index is 0.274. The fraction of sp³-hybridized carbons (Fsp3) is 0.0833. The number of carboxylic acid groups (broad SMARTS) is 1. The summed E-state index contributed by atoms with van der Waals surface area (Å²) in [6.07, 6.45) is -4.64. The standard InChI is InChI=1S/C24H16F3NO4/c1-32-17-11-9-14(10-12-17)20-18-7-2-3-8-19(18)28(21(20)23(30)31)22(29)15-5-4-6-16(13-15)24(25,26)27/h2-13H,1H3,(H,30,31). The highest BCUT2D eigenvalue weighted by Crippen LogP contribution is 2.37. The lowest BCUT2D eigenvalue weighted by Crippen LogP contribution is -2.19. The number of aromatic nitrogens is 1. The molecule has 0 saturated heterocycles. The van der Waals surface area contributed by atoms with E-state index in [1.807, 2.05) is 0 Å². The third-order valence-corrected chi connectivity index (χ3v) is 5.10. The van der Waals surface area contributed by atoms with E-state index in [0.717, 1.165) is 22.8 Å². The number of carboxylic acids is 1. The van der Waals surface area contributed by atoms with Crippen molar-refractivity contribution < 1.29 is 32.6 Å². The van der Waals surface area contributed by atoms with Gasteiger partial charge in [0.05, 0.1) is 18.2 Å². The monoisotopic (exact) mass is 439 g/mol. The van der Waals surface area contributed by atoms with Crippen molar-refractivity contribution in [3.05, 3.63) is 89.6 Å². The van der Waals surface area contributed by atoms with E-state index < -0.39 is 23.6 Å². The Morgan fingerprint density at radius 3 is 2.25 bits per heavy atom. The van der Waals surface area contributed by atoms with Crippen LogP contribution in [0.3, 0.4) is 0 Å². The number of hydrogen-bond donors (Lipinski definition) is 1. The summed E-state index contributed by atoms with van der Waals surface area (Å²) in [5.74, 6) is -1.69. The number of rotatable bonds is 4. The topological polar surface area (TPSA) is 68.5 Å². The molecule has 4 rings (SSSR count). The number of fused-ring (bicyclic) bond motifs is 1. The number of carbonyl (C=O) groups excluding carboxylic acids is 1. The SMILES string of the molecule is COc1ccc(-c2c(C(=O)O)n(C(=O)c3cccc(C(F)(F)F)c3)c3ccccc23)cc1. The maximum atomic E-state index is 13.3. The van der Waals surface area contributed by atoms with Gasteiger partial charge in [-0.15, -0.1) is 0 Å². The maximum absolute atomic E-state index is 13.3. The second kappa shape index (κ2) is 7.88. The molecule has 3 aromatic carbocycles. The fourth-order valence-electron chi connectivity index (χ4n) is 3.66. The van der Waals surface area contributed by atoms with Gasteiger partial charge in [0.1, 0.15) is 11.4 Å².